The van der Waals surface area contributed by atoms with Gasteiger partial charge in [0.25, 0.3) is 5.91 Å². The third-order valence-electron chi connectivity index (χ3n) is 3.15. The van der Waals surface area contributed by atoms with E-state index in [1.807, 2.05) is 62.4 Å². The van der Waals surface area contributed by atoms with Crippen LogP contribution in [0.2, 0.25) is 0 Å². The van der Waals surface area contributed by atoms with E-state index >= 15 is 0 Å². The first kappa shape index (κ1) is 17.4. The molecule has 0 saturated heterocycles. The second-order valence-electron chi connectivity index (χ2n) is 5.43. The molecule has 1 N–H and O–H groups in total. The molecule has 1 amide bonds. The lowest BCUT2D eigenvalue weighted by atomic mass is 10.2. The van der Waals surface area contributed by atoms with Crippen LogP contribution in [0, 0.1) is 0 Å². The van der Waals surface area contributed by atoms with Gasteiger partial charge in [-0.05, 0) is 49.4 Å². The van der Waals surface area contributed by atoms with E-state index in [2.05, 4.69) is 12.2 Å². The molecule has 0 unspecified atom stereocenters. The van der Waals surface area contributed by atoms with Gasteiger partial charge in [0.1, 0.15) is 5.75 Å². The van der Waals surface area contributed by atoms with Crippen LogP contribution in [0.25, 0.3) is 0 Å². The largest absolute Gasteiger partial charge is 0.491 e. The Balaban J connectivity index is 2.02. The van der Waals surface area contributed by atoms with Gasteiger partial charge < -0.3 is 10.1 Å². The van der Waals surface area contributed by atoms with Crippen LogP contribution < -0.4 is 10.1 Å². The van der Waals surface area contributed by atoms with Crippen molar-refractivity contribution < 1.29 is 9.53 Å². The van der Waals surface area contributed by atoms with Gasteiger partial charge >= 0.3 is 0 Å². The molecule has 2 aromatic carbocycles. The summed E-state index contributed by atoms with van der Waals surface area (Å²) in [6.45, 7) is 6.56. The molecule has 0 aliphatic heterocycles. The zero-order valence-electron chi connectivity index (χ0n) is 13.8. The number of nitrogens with one attached hydrogen (secondary N) is 1. The fourth-order valence-corrected chi connectivity index (χ4v) is 3.02. The Morgan fingerprint density at radius 2 is 1.96 bits per heavy atom. The van der Waals surface area contributed by atoms with Gasteiger partial charge in [-0.2, -0.15) is 0 Å². The molecule has 0 radical (unpaired) electrons. The van der Waals surface area contributed by atoms with Crippen molar-refractivity contribution in [2.45, 2.75) is 38.3 Å². The molecule has 0 bridgehead atoms. The Bertz CT molecular complexity index is 655. The number of rotatable bonds is 7. The van der Waals surface area contributed by atoms with Crippen LogP contribution in [0.1, 0.15) is 36.7 Å². The smallest absolute Gasteiger partial charge is 0.252 e. The average molecular weight is 329 g/mol. The molecule has 0 aliphatic rings. The Morgan fingerprint density at radius 1 is 1.17 bits per heavy atom. The average Bonchev–Trinajstić information content (AvgIpc) is 2.53. The van der Waals surface area contributed by atoms with Gasteiger partial charge in [0.05, 0.1) is 11.7 Å². The molecule has 2 aromatic rings. The highest BCUT2D eigenvalue weighted by Gasteiger charge is 2.10. The molecule has 2 rings (SSSR count). The van der Waals surface area contributed by atoms with Crippen molar-refractivity contribution in [3.8, 4) is 5.75 Å². The molecule has 0 atom stereocenters. The second kappa shape index (κ2) is 8.63. The molecule has 4 heteroatoms. The predicted molar refractivity (Wildman–Crippen MR) is 96.2 cm³/mol. The fourth-order valence-electron chi connectivity index (χ4n) is 2.21. The van der Waals surface area contributed by atoms with E-state index < -0.39 is 0 Å². The highest BCUT2D eigenvalue weighted by atomic mass is 32.2. The normalized spacial score (nSPS) is 10.6. The van der Waals surface area contributed by atoms with Crippen LogP contribution in [-0.2, 0) is 6.54 Å². The summed E-state index contributed by atoms with van der Waals surface area (Å²) in [6.07, 6.45) is 0.137. The molecule has 0 spiro atoms. The second-order valence-corrected chi connectivity index (χ2v) is 6.73. The molecule has 3 nitrogen and oxygen atoms in total. The van der Waals surface area contributed by atoms with Crippen LogP contribution in [0.4, 0.5) is 0 Å². The highest BCUT2D eigenvalue weighted by molar-refractivity contribution is 7.99. The summed E-state index contributed by atoms with van der Waals surface area (Å²) >= 11 is 1.68. The van der Waals surface area contributed by atoms with E-state index in [1.54, 1.807) is 11.8 Å². The number of hydrogen-bond acceptors (Lipinski definition) is 3. The van der Waals surface area contributed by atoms with E-state index in [-0.39, 0.29) is 12.0 Å². The number of amides is 1. The topological polar surface area (TPSA) is 38.3 Å². The van der Waals surface area contributed by atoms with Gasteiger partial charge in [0.2, 0.25) is 0 Å². The van der Waals surface area contributed by atoms with E-state index in [0.29, 0.717) is 6.54 Å². The SMILES string of the molecule is CCSc1ccccc1C(=O)NCc1cccc(OC(C)C)c1. The van der Waals surface area contributed by atoms with Gasteiger partial charge in [0, 0.05) is 11.4 Å². The standard InChI is InChI=1S/C19H23NO2S/c1-4-23-18-11-6-5-10-17(18)19(21)20-13-15-8-7-9-16(12-15)22-14(2)3/h5-12,14H,4,13H2,1-3H3,(H,20,21). The number of thioether (sulfide) groups is 1. The molecule has 0 aliphatic carbocycles. The van der Waals surface area contributed by atoms with Gasteiger partial charge in [-0.25, -0.2) is 0 Å². The number of carbonyl (C=O) groups is 1. The van der Waals surface area contributed by atoms with Gasteiger partial charge in [-0.3, -0.25) is 4.79 Å². The monoisotopic (exact) mass is 329 g/mol. The van der Waals surface area contributed by atoms with Crippen molar-refractivity contribution in [1.29, 1.82) is 0 Å². The number of hydrogen-bond donors (Lipinski definition) is 1. The summed E-state index contributed by atoms with van der Waals surface area (Å²) in [5.41, 5.74) is 1.76. The van der Waals surface area contributed by atoms with Crippen molar-refractivity contribution in [3.63, 3.8) is 0 Å². The van der Waals surface area contributed by atoms with Crippen molar-refractivity contribution in [2.24, 2.45) is 0 Å². The van der Waals surface area contributed by atoms with E-state index in [1.165, 1.54) is 0 Å². The quantitative estimate of drug-likeness (QED) is 0.759. The molecular formula is C19H23NO2S. The third kappa shape index (κ3) is 5.32. The van der Waals surface area contributed by atoms with Crippen LogP contribution in [0.3, 0.4) is 0 Å². The first-order chi connectivity index (χ1) is 11.1. The lowest BCUT2D eigenvalue weighted by Gasteiger charge is -2.12. The van der Waals surface area contributed by atoms with Crippen molar-refractivity contribution in [2.75, 3.05) is 5.75 Å². The van der Waals surface area contributed by atoms with Crippen molar-refractivity contribution >= 4 is 17.7 Å². The summed E-state index contributed by atoms with van der Waals surface area (Å²) in [6, 6.07) is 15.5. The summed E-state index contributed by atoms with van der Waals surface area (Å²) in [7, 11) is 0. The number of benzene rings is 2. The third-order valence-corrected chi connectivity index (χ3v) is 4.11. The van der Waals surface area contributed by atoms with Crippen molar-refractivity contribution in [1.82, 2.24) is 5.32 Å². The van der Waals surface area contributed by atoms with Gasteiger partial charge in [-0.15, -0.1) is 11.8 Å². The molecule has 122 valence electrons. The number of ether oxygens (including phenoxy) is 1. The predicted octanol–water partition coefficient (Wildman–Crippen LogP) is 4.52. The zero-order valence-corrected chi connectivity index (χ0v) is 14.7. The Hall–Kier alpha value is -1.94. The zero-order chi connectivity index (χ0) is 16.7. The summed E-state index contributed by atoms with van der Waals surface area (Å²) in [5, 5.41) is 2.99. The van der Waals surface area contributed by atoms with Crippen LogP contribution in [0.5, 0.6) is 5.75 Å². The van der Waals surface area contributed by atoms with Crippen LogP contribution in [0.15, 0.2) is 53.4 Å². The number of carbonyl (C=O) groups excluding carboxylic acids is 1. The summed E-state index contributed by atoms with van der Waals surface area (Å²) < 4.78 is 5.68. The lowest BCUT2D eigenvalue weighted by molar-refractivity contribution is 0.0948. The first-order valence-electron chi connectivity index (χ1n) is 7.85. The fraction of sp³-hybridized carbons (Fsp3) is 0.316. The van der Waals surface area contributed by atoms with Gasteiger partial charge in [0.15, 0.2) is 0 Å². The van der Waals surface area contributed by atoms with E-state index in [0.717, 1.165) is 27.5 Å². The Kier molecular flexibility index (Phi) is 6.53. The Morgan fingerprint density at radius 3 is 2.70 bits per heavy atom. The molecule has 0 saturated carbocycles. The molecule has 23 heavy (non-hydrogen) atoms. The Labute approximate surface area is 142 Å². The maximum absolute atomic E-state index is 12.4. The molecule has 0 heterocycles. The molecule has 0 aromatic heterocycles. The summed E-state index contributed by atoms with van der Waals surface area (Å²) in [4.78, 5) is 13.4. The first-order valence-corrected chi connectivity index (χ1v) is 8.84. The summed E-state index contributed by atoms with van der Waals surface area (Å²) in [5.74, 6) is 1.73. The van der Waals surface area contributed by atoms with Crippen LogP contribution >= 0.6 is 11.8 Å². The lowest BCUT2D eigenvalue weighted by Crippen LogP contribution is -2.23. The van der Waals surface area contributed by atoms with Crippen LogP contribution in [-0.4, -0.2) is 17.8 Å². The highest BCUT2D eigenvalue weighted by Crippen LogP contribution is 2.22. The van der Waals surface area contributed by atoms with E-state index in [4.69, 9.17) is 4.74 Å². The molecular weight excluding hydrogens is 306 g/mol. The maximum atomic E-state index is 12.4. The van der Waals surface area contributed by atoms with Gasteiger partial charge in [-0.1, -0.05) is 31.2 Å². The van der Waals surface area contributed by atoms with Crippen molar-refractivity contribution in [3.05, 3.63) is 59.7 Å². The maximum Gasteiger partial charge on any atom is 0.252 e. The molecule has 0 fully saturated rings. The minimum atomic E-state index is -0.0447. The van der Waals surface area contributed by atoms with E-state index in [9.17, 15) is 4.79 Å². The minimum absolute atomic E-state index is 0.0447. The minimum Gasteiger partial charge on any atom is -0.491 e.